The predicted molar refractivity (Wildman–Crippen MR) is 86.7 cm³/mol. The van der Waals surface area contributed by atoms with Crippen molar-refractivity contribution in [2.24, 2.45) is 11.8 Å². The summed E-state index contributed by atoms with van der Waals surface area (Å²) in [5.74, 6) is 1.19. The number of nitrogens with zero attached hydrogens (tertiary/aromatic N) is 2. The Hall–Kier alpha value is -0.810. The Kier molecular flexibility index (Phi) is 5.24. The van der Waals surface area contributed by atoms with E-state index in [4.69, 9.17) is 0 Å². The fourth-order valence-corrected chi connectivity index (χ4v) is 4.17. The van der Waals surface area contributed by atoms with Crippen molar-refractivity contribution < 1.29 is 9.90 Å². The molecule has 22 heavy (non-hydrogen) atoms. The first kappa shape index (κ1) is 16.1. The number of aliphatic hydroxyl groups is 1. The Morgan fingerprint density at radius 3 is 2.64 bits per heavy atom. The van der Waals surface area contributed by atoms with Gasteiger partial charge in [-0.1, -0.05) is 19.8 Å². The van der Waals surface area contributed by atoms with Crippen LogP contribution in [0.1, 0.15) is 45.4 Å². The van der Waals surface area contributed by atoms with Crippen LogP contribution in [0.5, 0.6) is 0 Å². The van der Waals surface area contributed by atoms with E-state index in [9.17, 15) is 9.90 Å². The van der Waals surface area contributed by atoms with Crippen molar-refractivity contribution >= 4 is 6.03 Å². The van der Waals surface area contributed by atoms with E-state index in [0.717, 1.165) is 38.4 Å². The third-order valence-electron chi connectivity index (χ3n) is 5.80. The largest absolute Gasteiger partial charge is 0.391 e. The highest BCUT2D eigenvalue weighted by Gasteiger charge is 2.31. The van der Waals surface area contributed by atoms with Gasteiger partial charge in [-0.25, -0.2) is 4.79 Å². The van der Waals surface area contributed by atoms with Crippen LogP contribution >= 0.6 is 0 Å². The molecule has 3 unspecified atom stereocenters. The molecule has 1 saturated carbocycles. The number of β-amino-alcohol motifs (C(OH)–C–C–N with tert-alkyl or cyclic N) is 1. The Labute approximate surface area is 134 Å². The lowest BCUT2D eigenvalue weighted by molar-refractivity contribution is 0.0430. The molecule has 0 spiro atoms. The number of piperidine rings is 1. The average Bonchev–Trinajstić information content (AvgIpc) is 3.14. The maximum atomic E-state index is 12.3. The summed E-state index contributed by atoms with van der Waals surface area (Å²) in [6.45, 7) is 6.62. The Bertz CT molecular complexity index is 384. The lowest BCUT2D eigenvalue weighted by Crippen LogP contribution is -2.52. The van der Waals surface area contributed by atoms with E-state index in [-0.39, 0.29) is 18.2 Å². The minimum Gasteiger partial charge on any atom is -0.391 e. The third-order valence-corrected chi connectivity index (χ3v) is 5.80. The number of aliphatic hydroxyl groups excluding tert-OH is 1. The summed E-state index contributed by atoms with van der Waals surface area (Å²) < 4.78 is 0. The fourth-order valence-electron chi connectivity index (χ4n) is 4.17. The first-order chi connectivity index (χ1) is 10.6. The van der Waals surface area contributed by atoms with Crippen molar-refractivity contribution in [1.29, 1.82) is 0 Å². The second-order valence-corrected chi connectivity index (χ2v) is 7.62. The molecule has 3 atom stereocenters. The molecule has 0 aromatic rings. The quantitative estimate of drug-likeness (QED) is 0.834. The van der Waals surface area contributed by atoms with Gasteiger partial charge >= 0.3 is 6.03 Å². The van der Waals surface area contributed by atoms with Gasteiger partial charge in [-0.3, -0.25) is 0 Å². The summed E-state index contributed by atoms with van der Waals surface area (Å²) in [4.78, 5) is 16.6. The van der Waals surface area contributed by atoms with E-state index in [2.05, 4.69) is 17.1 Å². The molecule has 2 N–H and O–H groups in total. The van der Waals surface area contributed by atoms with Gasteiger partial charge in [0.2, 0.25) is 0 Å². The molecular weight excluding hydrogens is 278 g/mol. The molecule has 3 aliphatic rings. The van der Waals surface area contributed by atoms with Crippen LogP contribution in [0.15, 0.2) is 0 Å². The molecule has 0 aromatic carbocycles. The van der Waals surface area contributed by atoms with E-state index in [1.54, 1.807) is 4.90 Å². The van der Waals surface area contributed by atoms with Gasteiger partial charge in [0.1, 0.15) is 0 Å². The molecule has 3 fully saturated rings. The maximum Gasteiger partial charge on any atom is 0.317 e. The second kappa shape index (κ2) is 7.18. The molecule has 0 radical (unpaired) electrons. The maximum absolute atomic E-state index is 12.3. The molecule has 2 aliphatic heterocycles. The lowest BCUT2D eigenvalue weighted by Gasteiger charge is -2.34. The summed E-state index contributed by atoms with van der Waals surface area (Å²) in [5.41, 5.74) is 0. The first-order valence-electron chi connectivity index (χ1n) is 9.07. The first-order valence-corrected chi connectivity index (χ1v) is 9.07. The minimum absolute atomic E-state index is 0.0127. The predicted octanol–water partition coefficient (Wildman–Crippen LogP) is 1.66. The number of carbonyl (C=O) groups excluding carboxylic acids is 1. The molecule has 126 valence electrons. The van der Waals surface area contributed by atoms with E-state index >= 15 is 0 Å². The van der Waals surface area contributed by atoms with Crippen molar-refractivity contribution in [3.05, 3.63) is 0 Å². The SMILES string of the molecule is CC1CCN(C(=O)NC2CCN(CC3CCCC3)C2)CC1O. The Morgan fingerprint density at radius 1 is 1.14 bits per heavy atom. The van der Waals surface area contributed by atoms with Crippen LogP contribution in [-0.4, -0.2) is 65.8 Å². The summed E-state index contributed by atoms with van der Waals surface area (Å²) >= 11 is 0. The molecule has 2 saturated heterocycles. The monoisotopic (exact) mass is 309 g/mol. The van der Waals surface area contributed by atoms with Crippen LogP contribution in [0.3, 0.4) is 0 Å². The number of urea groups is 1. The number of hydrogen-bond donors (Lipinski definition) is 2. The molecule has 2 heterocycles. The van der Waals surface area contributed by atoms with Gasteiger partial charge in [-0.2, -0.15) is 0 Å². The van der Waals surface area contributed by atoms with Gasteiger partial charge in [0, 0.05) is 38.8 Å². The van der Waals surface area contributed by atoms with Crippen LogP contribution in [0.25, 0.3) is 0 Å². The standard InChI is InChI=1S/C17H31N3O2/c1-13-6-9-20(12-16(13)21)17(22)18-15-7-8-19(11-15)10-14-4-2-3-5-14/h13-16,21H,2-12H2,1H3,(H,18,22). The normalized spacial score (nSPS) is 34.3. The number of likely N-dealkylation sites (tertiary alicyclic amines) is 2. The average molecular weight is 309 g/mol. The molecule has 5 heteroatoms. The molecule has 0 bridgehead atoms. The number of nitrogens with one attached hydrogen (secondary N) is 1. The van der Waals surface area contributed by atoms with Crippen LogP contribution in [-0.2, 0) is 0 Å². The van der Waals surface area contributed by atoms with Gasteiger partial charge in [-0.05, 0) is 37.5 Å². The highest BCUT2D eigenvalue weighted by molar-refractivity contribution is 5.74. The zero-order valence-electron chi connectivity index (χ0n) is 13.8. The van der Waals surface area contributed by atoms with E-state index in [1.807, 2.05) is 0 Å². The van der Waals surface area contributed by atoms with Gasteiger partial charge in [0.15, 0.2) is 0 Å². The molecule has 2 amide bonds. The zero-order chi connectivity index (χ0) is 15.5. The van der Waals surface area contributed by atoms with Crippen LogP contribution in [0.2, 0.25) is 0 Å². The van der Waals surface area contributed by atoms with Gasteiger partial charge in [0.25, 0.3) is 0 Å². The van der Waals surface area contributed by atoms with Crippen molar-refractivity contribution in [3.63, 3.8) is 0 Å². The van der Waals surface area contributed by atoms with Crippen LogP contribution < -0.4 is 5.32 Å². The van der Waals surface area contributed by atoms with Crippen LogP contribution in [0, 0.1) is 11.8 Å². The van der Waals surface area contributed by atoms with E-state index < -0.39 is 0 Å². The van der Waals surface area contributed by atoms with Crippen molar-refractivity contribution in [1.82, 2.24) is 15.1 Å². The number of carbonyl (C=O) groups is 1. The number of hydrogen-bond acceptors (Lipinski definition) is 3. The number of rotatable bonds is 3. The summed E-state index contributed by atoms with van der Waals surface area (Å²) in [6, 6.07) is 0.295. The highest BCUT2D eigenvalue weighted by atomic mass is 16.3. The molecular formula is C17H31N3O2. The van der Waals surface area contributed by atoms with Crippen molar-refractivity contribution in [2.45, 2.75) is 57.6 Å². The van der Waals surface area contributed by atoms with Gasteiger partial charge < -0.3 is 20.2 Å². The number of amides is 2. The van der Waals surface area contributed by atoms with E-state index in [1.165, 1.54) is 32.2 Å². The second-order valence-electron chi connectivity index (χ2n) is 7.62. The Morgan fingerprint density at radius 2 is 1.91 bits per heavy atom. The third kappa shape index (κ3) is 3.93. The summed E-state index contributed by atoms with van der Waals surface area (Å²) in [7, 11) is 0. The van der Waals surface area contributed by atoms with E-state index in [0.29, 0.717) is 12.5 Å². The molecule has 1 aliphatic carbocycles. The van der Waals surface area contributed by atoms with Gasteiger partial charge in [0.05, 0.1) is 6.10 Å². The smallest absolute Gasteiger partial charge is 0.317 e. The van der Waals surface area contributed by atoms with Gasteiger partial charge in [-0.15, -0.1) is 0 Å². The lowest BCUT2D eigenvalue weighted by atomic mass is 9.96. The topological polar surface area (TPSA) is 55.8 Å². The summed E-state index contributed by atoms with van der Waals surface area (Å²) in [6.07, 6.45) is 7.15. The van der Waals surface area contributed by atoms with Crippen molar-refractivity contribution in [2.75, 3.05) is 32.7 Å². The highest BCUT2D eigenvalue weighted by Crippen LogP contribution is 2.26. The van der Waals surface area contributed by atoms with Crippen molar-refractivity contribution in [3.8, 4) is 0 Å². The molecule has 0 aromatic heterocycles. The molecule has 5 nitrogen and oxygen atoms in total. The zero-order valence-corrected chi connectivity index (χ0v) is 13.8. The van der Waals surface area contributed by atoms with Crippen LogP contribution in [0.4, 0.5) is 4.79 Å². The molecule has 3 rings (SSSR count). The summed E-state index contributed by atoms with van der Waals surface area (Å²) in [5, 5.41) is 13.1. The minimum atomic E-state index is -0.373. The Balaban J connectivity index is 1.40. The fraction of sp³-hybridized carbons (Fsp3) is 0.941.